The molecule has 0 spiro atoms. The second kappa shape index (κ2) is 10.3. The van der Waals surface area contributed by atoms with Crippen molar-refractivity contribution in [3.05, 3.63) is 39.2 Å². The number of Topliss-reactive ketones (excluding diaryl/α,β-unsaturated/α-hetero) is 2. The first-order valence-electron chi connectivity index (χ1n) is 14.5. The van der Waals surface area contributed by atoms with E-state index in [0.29, 0.717) is 39.3 Å². The molecule has 1 N–H and O–H groups in total. The number of esters is 2. The molecule has 45 heavy (non-hydrogen) atoms. The SMILES string of the molecule is COC1=C(C)C(=O)C2=C(C1O)C1C3[C@@H]4SCC(=O)C(=O)OC[C@@H](c5c6c(c(C)c(OC(C)=O)c54)OCO6)N3[C@](C#N)(C2)CN1C. The number of cyclic esters (lactones) is 1. The summed E-state index contributed by atoms with van der Waals surface area (Å²) < 4.78 is 28.9. The van der Waals surface area contributed by atoms with Crippen LogP contribution in [0.2, 0.25) is 0 Å². The Hall–Kier alpha value is -3.90. The predicted molar refractivity (Wildman–Crippen MR) is 155 cm³/mol. The minimum Gasteiger partial charge on any atom is -0.498 e. The second-order valence-electron chi connectivity index (χ2n) is 12.1. The zero-order valence-electron chi connectivity index (χ0n) is 25.3. The molecule has 2 saturated heterocycles. The summed E-state index contributed by atoms with van der Waals surface area (Å²) in [6.45, 7) is 4.39. The van der Waals surface area contributed by atoms with Crippen molar-refractivity contribution in [1.82, 2.24) is 9.80 Å². The number of ether oxygens (including phenoxy) is 5. The smallest absolute Gasteiger partial charge is 0.375 e. The Kier molecular flexibility index (Phi) is 6.83. The highest BCUT2D eigenvalue weighted by Crippen LogP contribution is 2.63. The average molecular weight is 638 g/mol. The zero-order chi connectivity index (χ0) is 32.1. The molecule has 1 aliphatic carbocycles. The molecule has 236 valence electrons. The number of likely N-dealkylation sites (N-methyl/N-ethyl adjacent to an activating group) is 1. The molecule has 6 heterocycles. The number of ketones is 2. The van der Waals surface area contributed by atoms with Crippen molar-refractivity contribution in [3.63, 3.8) is 0 Å². The van der Waals surface area contributed by atoms with Gasteiger partial charge in [-0.25, -0.2) is 4.79 Å². The number of rotatable bonds is 2. The number of carbonyl (C=O) groups excluding carboxylic acids is 4. The molecular weight excluding hydrogens is 606 g/mol. The number of nitriles is 1. The van der Waals surface area contributed by atoms with Crippen LogP contribution in [0.5, 0.6) is 17.2 Å². The van der Waals surface area contributed by atoms with Crippen molar-refractivity contribution in [2.24, 2.45) is 0 Å². The normalized spacial score (nSPS) is 33.6. The fourth-order valence-corrected chi connectivity index (χ4v) is 9.51. The van der Waals surface area contributed by atoms with Crippen LogP contribution < -0.4 is 14.2 Å². The number of nitrogens with zero attached hydrogens (tertiary/aromatic N) is 3. The van der Waals surface area contributed by atoms with E-state index in [-0.39, 0.29) is 55.0 Å². The minimum absolute atomic E-state index is 0.0152. The van der Waals surface area contributed by atoms with Crippen molar-refractivity contribution in [2.75, 3.05) is 39.9 Å². The zero-order valence-corrected chi connectivity index (χ0v) is 26.1. The monoisotopic (exact) mass is 637 g/mol. The van der Waals surface area contributed by atoms with Gasteiger partial charge in [-0.1, -0.05) is 0 Å². The van der Waals surface area contributed by atoms with Crippen LogP contribution in [-0.4, -0.2) is 102 Å². The van der Waals surface area contributed by atoms with Crippen LogP contribution in [0.3, 0.4) is 0 Å². The van der Waals surface area contributed by atoms with E-state index in [1.165, 1.54) is 14.0 Å². The molecule has 7 atom stereocenters. The summed E-state index contributed by atoms with van der Waals surface area (Å²) in [6, 6.07) is 0.324. The van der Waals surface area contributed by atoms with E-state index in [1.807, 2.05) is 16.8 Å². The van der Waals surface area contributed by atoms with Crippen LogP contribution in [0, 0.1) is 18.3 Å². The summed E-state index contributed by atoms with van der Waals surface area (Å²) in [5.74, 6) is -1.77. The van der Waals surface area contributed by atoms with E-state index in [0.717, 1.165) is 11.8 Å². The number of aliphatic hydroxyl groups excluding tert-OH is 1. The Morgan fingerprint density at radius 3 is 2.58 bits per heavy atom. The van der Waals surface area contributed by atoms with Gasteiger partial charge in [0, 0.05) is 53.8 Å². The first-order valence-corrected chi connectivity index (χ1v) is 15.6. The first kappa shape index (κ1) is 29.8. The summed E-state index contributed by atoms with van der Waals surface area (Å²) in [6.07, 6.45) is -1.28. The molecule has 7 aliphatic rings. The van der Waals surface area contributed by atoms with E-state index in [1.54, 1.807) is 13.8 Å². The highest BCUT2D eigenvalue weighted by Gasteiger charge is 2.65. The lowest BCUT2D eigenvalue weighted by atomic mass is 9.75. The van der Waals surface area contributed by atoms with Crippen molar-refractivity contribution < 1.29 is 48.0 Å². The molecule has 8 rings (SSSR count). The van der Waals surface area contributed by atoms with Crippen LogP contribution >= 0.6 is 11.8 Å². The molecule has 6 aliphatic heterocycles. The van der Waals surface area contributed by atoms with Crippen LogP contribution in [0.4, 0.5) is 0 Å². The molecule has 0 aromatic heterocycles. The Morgan fingerprint density at radius 2 is 1.89 bits per heavy atom. The number of carbonyl (C=O) groups is 4. The molecule has 13 nitrogen and oxygen atoms in total. The van der Waals surface area contributed by atoms with E-state index in [9.17, 15) is 29.5 Å². The highest BCUT2D eigenvalue weighted by atomic mass is 32.2. The van der Waals surface area contributed by atoms with Crippen LogP contribution in [0.15, 0.2) is 22.5 Å². The predicted octanol–water partition coefficient (Wildman–Crippen LogP) is 1.42. The molecule has 0 amide bonds. The van der Waals surface area contributed by atoms with E-state index >= 15 is 0 Å². The van der Waals surface area contributed by atoms with Gasteiger partial charge in [0.15, 0.2) is 17.3 Å². The maximum absolute atomic E-state index is 14.0. The quantitative estimate of drug-likeness (QED) is 0.281. The summed E-state index contributed by atoms with van der Waals surface area (Å²) in [7, 11) is 3.23. The first-order chi connectivity index (χ1) is 21.5. The molecule has 1 aromatic carbocycles. The van der Waals surface area contributed by atoms with Crippen LogP contribution in [0.1, 0.15) is 48.3 Å². The highest BCUT2D eigenvalue weighted by molar-refractivity contribution is 8.00. The minimum atomic E-state index is -1.34. The Balaban J connectivity index is 1.57. The van der Waals surface area contributed by atoms with Crippen LogP contribution in [0.25, 0.3) is 0 Å². The number of thioether (sulfide) groups is 1. The number of benzene rings is 1. The fourth-order valence-electron chi connectivity index (χ4n) is 8.18. The van der Waals surface area contributed by atoms with E-state index < -0.39 is 52.7 Å². The van der Waals surface area contributed by atoms with Crippen molar-refractivity contribution in [3.8, 4) is 23.3 Å². The number of piperazine rings is 1. The lowest BCUT2D eigenvalue weighted by Gasteiger charge is -2.60. The summed E-state index contributed by atoms with van der Waals surface area (Å²) in [4.78, 5) is 56.1. The summed E-state index contributed by atoms with van der Waals surface area (Å²) >= 11 is 1.15. The van der Waals surface area contributed by atoms with Gasteiger partial charge >= 0.3 is 11.9 Å². The Bertz CT molecular complexity index is 1710. The molecule has 4 bridgehead atoms. The van der Waals surface area contributed by atoms with E-state index in [4.69, 9.17) is 23.7 Å². The van der Waals surface area contributed by atoms with E-state index in [2.05, 4.69) is 6.07 Å². The number of hydrogen-bond acceptors (Lipinski definition) is 14. The maximum Gasteiger partial charge on any atom is 0.375 e. The van der Waals surface area contributed by atoms with Gasteiger partial charge in [0.25, 0.3) is 0 Å². The number of methoxy groups -OCH3 is 1. The van der Waals surface area contributed by atoms with Gasteiger partial charge in [0.2, 0.25) is 12.6 Å². The van der Waals surface area contributed by atoms with Gasteiger partial charge in [-0.2, -0.15) is 5.26 Å². The number of allylic oxidation sites excluding steroid dienone is 1. The van der Waals surface area contributed by atoms with Gasteiger partial charge in [-0.05, 0) is 26.5 Å². The fraction of sp³-hybridized carbons (Fsp3) is 0.516. The topological polar surface area (TPSA) is 165 Å². The lowest BCUT2D eigenvalue weighted by molar-refractivity contribution is -0.157. The molecule has 0 saturated carbocycles. The maximum atomic E-state index is 14.0. The molecule has 0 radical (unpaired) electrons. The van der Waals surface area contributed by atoms with Gasteiger partial charge in [-0.3, -0.25) is 24.2 Å². The third-order valence-electron chi connectivity index (χ3n) is 9.79. The van der Waals surface area contributed by atoms with Gasteiger partial charge in [-0.15, -0.1) is 11.8 Å². The summed E-state index contributed by atoms with van der Waals surface area (Å²) in [5, 5.41) is 22.2. The molecule has 4 unspecified atom stereocenters. The second-order valence-corrected chi connectivity index (χ2v) is 13.3. The largest absolute Gasteiger partial charge is 0.498 e. The van der Waals surface area contributed by atoms with Gasteiger partial charge in [0.1, 0.15) is 29.8 Å². The van der Waals surface area contributed by atoms with Crippen LogP contribution in [-0.2, 0) is 28.7 Å². The molecule has 14 heteroatoms. The summed E-state index contributed by atoms with van der Waals surface area (Å²) in [5.41, 5.74) is 1.28. The third-order valence-corrected chi connectivity index (χ3v) is 11.1. The molecular formula is C31H31N3O10S. The lowest BCUT2D eigenvalue weighted by Crippen LogP contribution is -2.72. The molecule has 1 aromatic rings. The number of aliphatic hydroxyl groups is 1. The number of hydrogen-bond donors (Lipinski definition) is 1. The Morgan fingerprint density at radius 1 is 1.16 bits per heavy atom. The van der Waals surface area contributed by atoms with Crippen molar-refractivity contribution >= 4 is 35.3 Å². The molecule has 2 fully saturated rings. The number of fused-ring (bicyclic) bond motifs is 6. The standard InChI is InChI=1S/C31H31N3O10S/c1-12-23(37)15-6-31(9-32)10-33(4)21(18(15)24(38)26(12)40-5)22-29-20-19(16(34(22)31)7-41-30(39)17(36)8-45-29)28-27(42-11-43-28)13(2)25(20)44-14(3)35/h16,21-22,24,29,38H,6-8,10-11H2,1-5H3/t16-,21?,22?,24?,29+,31-/m0/s1. The third kappa shape index (κ3) is 3.97. The van der Waals surface area contributed by atoms with Gasteiger partial charge in [0.05, 0.1) is 36.3 Å². The van der Waals surface area contributed by atoms with Crippen molar-refractivity contribution in [2.45, 2.75) is 62.2 Å². The van der Waals surface area contributed by atoms with Crippen molar-refractivity contribution in [1.29, 1.82) is 5.26 Å². The van der Waals surface area contributed by atoms with Gasteiger partial charge < -0.3 is 28.8 Å². The average Bonchev–Trinajstić information content (AvgIpc) is 3.40. The Labute approximate surface area is 262 Å².